The van der Waals surface area contributed by atoms with Crippen LogP contribution in [0.15, 0.2) is 52.9 Å². The summed E-state index contributed by atoms with van der Waals surface area (Å²) in [5, 5.41) is 12.6. The van der Waals surface area contributed by atoms with Gasteiger partial charge in [-0.15, -0.1) is 0 Å². The highest BCUT2D eigenvalue weighted by atomic mass is 127. The molecule has 0 spiro atoms. The summed E-state index contributed by atoms with van der Waals surface area (Å²) < 4.78 is 6.41. The van der Waals surface area contributed by atoms with E-state index >= 15 is 0 Å². The van der Waals surface area contributed by atoms with E-state index in [0.717, 1.165) is 9.13 Å². The van der Waals surface area contributed by atoms with Crippen molar-refractivity contribution in [3.63, 3.8) is 0 Å². The van der Waals surface area contributed by atoms with Gasteiger partial charge in [0.25, 0.3) is 5.91 Å². The Balaban J connectivity index is 1.90. The minimum atomic E-state index is -0.349. The first kappa shape index (κ1) is 18.3. The predicted octanol–water partition coefficient (Wildman–Crippen LogP) is 5.60. The highest BCUT2D eigenvalue weighted by molar-refractivity contribution is 14.1. The number of hydrogen-bond donors (Lipinski definition) is 2. The molecule has 3 aromatic rings. The van der Waals surface area contributed by atoms with Crippen molar-refractivity contribution >= 4 is 57.4 Å². The van der Waals surface area contributed by atoms with Crippen LogP contribution in [-0.2, 0) is 6.61 Å². The number of halogens is 3. The van der Waals surface area contributed by atoms with E-state index in [1.807, 2.05) is 6.07 Å². The van der Waals surface area contributed by atoms with Crippen LogP contribution in [-0.4, -0.2) is 11.0 Å². The highest BCUT2D eigenvalue weighted by Crippen LogP contribution is 2.31. The van der Waals surface area contributed by atoms with Crippen molar-refractivity contribution < 1.29 is 14.3 Å². The maximum atomic E-state index is 12.5. The number of carbonyl (C=O) groups excluding carboxylic acids is 1. The number of anilines is 1. The lowest BCUT2D eigenvalue weighted by molar-refractivity contribution is 0.102. The molecule has 0 radical (unpaired) electrons. The SMILES string of the molecule is O=C(Nc1cc(-c2ccc(CO)o2)ccc1Cl)c1cc(I)ccc1Cl. The first-order valence-corrected chi connectivity index (χ1v) is 9.07. The zero-order chi connectivity index (χ0) is 18.0. The Labute approximate surface area is 167 Å². The summed E-state index contributed by atoms with van der Waals surface area (Å²) in [6.07, 6.45) is 0. The van der Waals surface area contributed by atoms with E-state index in [4.69, 9.17) is 32.7 Å². The largest absolute Gasteiger partial charge is 0.459 e. The maximum absolute atomic E-state index is 12.5. The third-order valence-corrected chi connectivity index (χ3v) is 4.82. The molecule has 0 atom stereocenters. The fourth-order valence-electron chi connectivity index (χ4n) is 2.25. The maximum Gasteiger partial charge on any atom is 0.257 e. The zero-order valence-electron chi connectivity index (χ0n) is 12.7. The van der Waals surface area contributed by atoms with Crippen LogP contribution >= 0.6 is 45.8 Å². The summed E-state index contributed by atoms with van der Waals surface area (Å²) in [4.78, 5) is 12.5. The molecule has 7 heteroatoms. The van der Waals surface area contributed by atoms with Gasteiger partial charge in [0.1, 0.15) is 18.1 Å². The third-order valence-electron chi connectivity index (χ3n) is 3.49. The van der Waals surface area contributed by atoms with E-state index in [1.54, 1.807) is 42.5 Å². The number of aliphatic hydroxyl groups is 1. The average molecular weight is 488 g/mol. The molecule has 4 nitrogen and oxygen atoms in total. The smallest absolute Gasteiger partial charge is 0.257 e. The lowest BCUT2D eigenvalue weighted by Gasteiger charge is -2.10. The Bertz CT molecular complexity index is 940. The number of amides is 1. The molecule has 0 saturated heterocycles. The van der Waals surface area contributed by atoms with Gasteiger partial charge in [0.15, 0.2) is 0 Å². The number of carbonyl (C=O) groups is 1. The van der Waals surface area contributed by atoms with Crippen LogP contribution in [0.2, 0.25) is 10.0 Å². The molecular formula is C18H12Cl2INO3. The van der Waals surface area contributed by atoms with Crippen molar-refractivity contribution in [2.24, 2.45) is 0 Å². The number of rotatable bonds is 4. The Morgan fingerprint density at radius 3 is 2.56 bits per heavy atom. The molecule has 25 heavy (non-hydrogen) atoms. The van der Waals surface area contributed by atoms with Gasteiger partial charge in [0, 0.05) is 9.13 Å². The second kappa shape index (κ2) is 7.78. The summed E-state index contributed by atoms with van der Waals surface area (Å²) in [6, 6.07) is 13.8. The molecule has 0 aliphatic heterocycles. The molecule has 0 unspecified atom stereocenters. The number of benzene rings is 2. The van der Waals surface area contributed by atoms with Crippen LogP contribution in [0.4, 0.5) is 5.69 Å². The van der Waals surface area contributed by atoms with Gasteiger partial charge in [-0.25, -0.2) is 0 Å². The molecule has 128 valence electrons. The van der Waals surface area contributed by atoms with Crippen LogP contribution in [0.25, 0.3) is 11.3 Å². The summed E-state index contributed by atoms with van der Waals surface area (Å²) in [6.45, 7) is -0.178. The van der Waals surface area contributed by atoms with E-state index in [-0.39, 0.29) is 12.5 Å². The minimum Gasteiger partial charge on any atom is -0.459 e. The van der Waals surface area contributed by atoms with E-state index in [9.17, 15) is 4.79 Å². The molecule has 1 heterocycles. The first-order valence-electron chi connectivity index (χ1n) is 7.24. The van der Waals surface area contributed by atoms with Crippen LogP contribution in [0, 0.1) is 3.57 Å². The number of hydrogen-bond acceptors (Lipinski definition) is 3. The standard InChI is InChI=1S/C18H12Cl2INO3/c19-14-5-2-11(21)8-13(14)18(24)22-16-7-10(1-4-15(16)20)17-6-3-12(9-23)25-17/h1-8,23H,9H2,(H,22,24). The van der Waals surface area contributed by atoms with Crippen molar-refractivity contribution in [2.75, 3.05) is 5.32 Å². The highest BCUT2D eigenvalue weighted by Gasteiger charge is 2.14. The van der Waals surface area contributed by atoms with E-state index in [1.165, 1.54) is 0 Å². The van der Waals surface area contributed by atoms with Crippen molar-refractivity contribution in [2.45, 2.75) is 6.61 Å². The van der Waals surface area contributed by atoms with Crippen LogP contribution in [0.5, 0.6) is 0 Å². The molecule has 1 amide bonds. The lowest BCUT2D eigenvalue weighted by atomic mass is 10.1. The monoisotopic (exact) mass is 487 g/mol. The van der Waals surface area contributed by atoms with Crippen LogP contribution < -0.4 is 5.32 Å². The molecule has 0 saturated carbocycles. The molecule has 0 aliphatic carbocycles. The average Bonchev–Trinajstić information content (AvgIpc) is 3.08. The quantitative estimate of drug-likeness (QED) is 0.470. The van der Waals surface area contributed by atoms with Crippen LogP contribution in [0.3, 0.4) is 0 Å². The molecule has 2 aromatic carbocycles. The Hall–Kier alpha value is -1.54. The topological polar surface area (TPSA) is 62.5 Å². The number of furan rings is 1. The third kappa shape index (κ3) is 4.17. The Morgan fingerprint density at radius 2 is 1.84 bits per heavy atom. The Morgan fingerprint density at radius 1 is 1.08 bits per heavy atom. The molecule has 0 bridgehead atoms. The van der Waals surface area contributed by atoms with E-state index in [2.05, 4.69) is 27.9 Å². The van der Waals surface area contributed by atoms with Gasteiger partial charge >= 0.3 is 0 Å². The molecule has 0 aliphatic rings. The summed E-state index contributed by atoms with van der Waals surface area (Å²) in [7, 11) is 0. The van der Waals surface area contributed by atoms with Crippen molar-refractivity contribution in [1.82, 2.24) is 0 Å². The molecular weight excluding hydrogens is 476 g/mol. The van der Waals surface area contributed by atoms with Gasteiger partial charge in [-0.05, 0) is 71.1 Å². The van der Waals surface area contributed by atoms with Crippen molar-refractivity contribution in [3.05, 3.63) is 73.5 Å². The van der Waals surface area contributed by atoms with Gasteiger partial charge in [-0.3, -0.25) is 4.79 Å². The summed E-state index contributed by atoms with van der Waals surface area (Å²) >= 11 is 14.4. The summed E-state index contributed by atoms with van der Waals surface area (Å²) in [5.41, 5.74) is 1.55. The molecule has 2 N–H and O–H groups in total. The molecule has 3 rings (SSSR count). The van der Waals surface area contributed by atoms with Crippen molar-refractivity contribution in [1.29, 1.82) is 0 Å². The normalized spacial score (nSPS) is 10.7. The predicted molar refractivity (Wildman–Crippen MR) is 107 cm³/mol. The fourth-order valence-corrected chi connectivity index (χ4v) is 3.11. The number of aliphatic hydroxyl groups excluding tert-OH is 1. The second-order valence-corrected chi connectivity index (χ2v) is 7.26. The van der Waals surface area contributed by atoms with Gasteiger partial charge < -0.3 is 14.8 Å². The van der Waals surface area contributed by atoms with Crippen molar-refractivity contribution in [3.8, 4) is 11.3 Å². The Kier molecular flexibility index (Phi) is 5.68. The fraction of sp³-hybridized carbons (Fsp3) is 0.0556. The summed E-state index contributed by atoms with van der Waals surface area (Å²) in [5.74, 6) is 0.683. The minimum absolute atomic E-state index is 0.178. The van der Waals surface area contributed by atoms with Gasteiger partial charge in [-0.1, -0.05) is 23.2 Å². The molecule has 0 fully saturated rings. The number of nitrogens with one attached hydrogen (secondary N) is 1. The first-order chi connectivity index (χ1) is 12.0. The molecule has 1 aromatic heterocycles. The van der Waals surface area contributed by atoms with Gasteiger partial charge in [0.2, 0.25) is 0 Å². The van der Waals surface area contributed by atoms with Crippen LogP contribution in [0.1, 0.15) is 16.1 Å². The van der Waals surface area contributed by atoms with E-state index < -0.39 is 0 Å². The van der Waals surface area contributed by atoms with E-state index in [0.29, 0.717) is 32.8 Å². The second-order valence-electron chi connectivity index (χ2n) is 5.20. The van der Waals surface area contributed by atoms with Gasteiger partial charge in [0.05, 0.1) is 21.3 Å². The van der Waals surface area contributed by atoms with Gasteiger partial charge in [-0.2, -0.15) is 0 Å². The lowest BCUT2D eigenvalue weighted by Crippen LogP contribution is -2.13. The zero-order valence-corrected chi connectivity index (χ0v) is 16.4.